The highest BCUT2D eigenvalue weighted by Gasteiger charge is 2.40. The topological polar surface area (TPSA) is 49.9 Å². The number of piperidine rings is 1. The molecule has 0 aromatic heterocycles. The normalized spacial score (nSPS) is 24.3. The van der Waals surface area contributed by atoms with E-state index in [1.807, 2.05) is 9.80 Å². The van der Waals surface area contributed by atoms with Gasteiger partial charge in [0.25, 0.3) is 0 Å². The van der Waals surface area contributed by atoms with Crippen molar-refractivity contribution < 1.29 is 18.7 Å². The summed E-state index contributed by atoms with van der Waals surface area (Å²) >= 11 is 0. The Morgan fingerprint density at radius 3 is 2.59 bits per heavy atom. The quantitative estimate of drug-likeness (QED) is 0.796. The van der Waals surface area contributed by atoms with E-state index in [9.17, 15) is 14.0 Å². The van der Waals surface area contributed by atoms with Crippen molar-refractivity contribution >= 4 is 11.8 Å². The van der Waals surface area contributed by atoms with Gasteiger partial charge in [0.05, 0.1) is 18.6 Å². The molecule has 5 nitrogen and oxygen atoms in total. The van der Waals surface area contributed by atoms with Crippen molar-refractivity contribution in [1.29, 1.82) is 0 Å². The van der Waals surface area contributed by atoms with E-state index in [-0.39, 0.29) is 36.3 Å². The third kappa shape index (κ3) is 4.00. The maximum absolute atomic E-state index is 13.6. The second kappa shape index (κ2) is 7.97. The van der Waals surface area contributed by atoms with E-state index in [1.54, 1.807) is 18.2 Å². The third-order valence-electron chi connectivity index (χ3n) is 6.15. The minimum Gasteiger partial charge on any atom is -0.370 e. The number of hydrogen-bond donors (Lipinski definition) is 0. The Hall–Kier alpha value is -1.95. The van der Waals surface area contributed by atoms with Crippen molar-refractivity contribution in [2.24, 2.45) is 5.92 Å². The zero-order valence-corrected chi connectivity index (χ0v) is 15.6. The van der Waals surface area contributed by atoms with Crippen LogP contribution in [0.25, 0.3) is 0 Å². The largest absolute Gasteiger partial charge is 0.370 e. The minimum absolute atomic E-state index is 0.0373. The van der Waals surface area contributed by atoms with Crippen molar-refractivity contribution in [2.75, 3.05) is 19.6 Å². The molecule has 1 aromatic carbocycles. The van der Waals surface area contributed by atoms with E-state index < -0.39 is 0 Å². The van der Waals surface area contributed by atoms with Gasteiger partial charge in [0.2, 0.25) is 11.8 Å². The Kier molecular flexibility index (Phi) is 5.43. The Morgan fingerprint density at radius 2 is 1.85 bits per heavy atom. The number of benzene rings is 1. The van der Waals surface area contributed by atoms with Crippen LogP contribution in [-0.2, 0) is 20.9 Å². The molecule has 2 heterocycles. The van der Waals surface area contributed by atoms with Gasteiger partial charge in [-0.05, 0) is 25.3 Å². The van der Waals surface area contributed by atoms with Gasteiger partial charge in [-0.25, -0.2) is 4.39 Å². The van der Waals surface area contributed by atoms with E-state index in [1.165, 1.54) is 18.9 Å². The molecule has 3 aliphatic rings. The van der Waals surface area contributed by atoms with Crippen LogP contribution in [0.5, 0.6) is 0 Å². The van der Waals surface area contributed by atoms with Crippen molar-refractivity contribution in [1.82, 2.24) is 9.80 Å². The second-order valence-electron chi connectivity index (χ2n) is 7.99. The van der Waals surface area contributed by atoms with Crippen molar-refractivity contribution in [3.8, 4) is 0 Å². The van der Waals surface area contributed by atoms with Crippen LogP contribution in [0, 0.1) is 11.7 Å². The molecule has 0 spiro atoms. The monoisotopic (exact) mass is 374 g/mol. The van der Waals surface area contributed by atoms with Crippen LogP contribution in [0.3, 0.4) is 0 Å². The molecule has 0 unspecified atom stereocenters. The minimum atomic E-state index is -0.261. The predicted octanol–water partition coefficient (Wildman–Crippen LogP) is 2.73. The summed E-state index contributed by atoms with van der Waals surface area (Å²) in [5.41, 5.74) is 0.542. The third-order valence-corrected chi connectivity index (χ3v) is 6.15. The SMILES string of the molecule is O=C([C@H]1CCC(=O)N(C2CCCC2)C1)N1CC(OCc2ccccc2F)C1. The van der Waals surface area contributed by atoms with Crippen LogP contribution in [0.4, 0.5) is 4.39 Å². The average Bonchev–Trinajstić information content (AvgIpc) is 3.16. The number of hydrogen-bond acceptors (Lipinski definition) is 3. The van der Waals surface area contributed by atoms with E-state index in [2.05, 4.69) is 0 Å². The molecular weight excluding hydrogens is 347 g/mol. The number of rotatable bonds is 5. The molecule has 1 aromatic rings. The molecule has 1 aliphatic carbocycles. The number of nitrogens with zero attached hydrogens (tertiary/aromatic N) is 2. The molecule has 2 amide bonds. The molecule has 1 atom stereocenters. The Morgan fingerprint density at radius 1 is 1.11 bits per heavy atom. The van der Waals surface area contributed by atoms with Gasteiger partial charge in [0, 0.05) is 37.7 Å². The lowest BCUT2D eigenvalue weighted by molar-refractivity contribution is -0.155. The van der Waals surface area contributed by atoms with Gasteiger partial charge < -0.3 is 14.5 Å². The summed E-state index contributed by atoms with van der Waals surface area (Å²) in [6.45, 7) is 1.91. The molecule has 146 valence electrons. The number of halogens is 1. The summed E-state index contributed by atoms with van der Waals surface area (Å²) < 4.78 is 19.4. The zero-order chi connectivity index (χ0) is 18.8. The summed E-state index contributed by atoms with van der Waals surface area (Å²) in [4.78, 5) is 28.8. The molecule has 3 fully saturated rings. The van der Waals surface area contributed by atoms with Gasteiger partial charge in [-0.1, -0.05) is 31.0 Å². The lowest BCUT2D eigenvalue weighted by Gasteiger charge is -2.43. The first-order valence-electron chi connectivity index (χ1n) is 10.0. The van der Waals surface area contributed by atoms with Gasteiger partial charge in [-0.3, -0.25) is 9.59 Å². The highest BCUT2D eigenvalue weighted by atomic mass is 19.1. The van der Waals surface area contributed by atoms with Crippen LogP contribution in [0.15, 0.2) is 24.3 Å². The molecule has 4 rings (SSSR count). The molecule has 27 heavy (non-hydrogen) atoms. The molecule has 2 aliphatic heterocycles. The highest BCUT2D eigenvalue weighted by molar-refractivity contribution is 5.84. The maximum Gasteiger partial charge on any atom is 0.227 e. The first-order valence-corrected chi connectivity index (χ1v) is 10.0. The molecule has 0 N–H and O–H groups in total. The first kappa shape index (κ1) is 18.4. The Labute approximate surface area is 159 Å². The zero-order valence-electron chi connectivity index (χ0n) is 15.6. The summed E-state index contributed by atoms with van der Waals surface area (Å²) in [6.07, 6.45) is 5.60. The number of amides is 2. The Balaban J connectivity index is 1.25. The summed E-state index contributed by atoms with van der Waals surface area (Å²) in [5.74, 6) is -0.00338. The predicted molar refractivity (Wildman–Crippen MR) is 98.3 cm³/mol. The summed E-state index contributed by atoms with van der Waals surface area (Å²) in [6, 6.07) is 6.93. The fourth-order valence-electron chi connectivity index (χ4n) is 4.45. The molecule has 6 heteroatoms. The van der Waals surface area contributed by atoms with Crippen molar-refractivity contribution in [3.05, 3.63) is 35.6 Å². The lowest BCUT2D eigenvalue weighted by Crippen LogP contribution is -2.58. The van der Waals surface area contributed by atoms with Crippen LogP contribution in [0.1, 0.15) is 44.1 Å². The van der Waals surface area contributed by atoms with Crippen LogP contribution in [0.2, 0.25) is 0 Å². The van der Waals surface area contributed by atoms with Crippen LogP contribution >= 0.6 is 0 Å². The van der Waals surface area contributed by atoms with E-state index in [4.69, 9.17) is 4.74 Å². The maximum atomic E-state index is 13.6. The van der Waals surface area contributed by atoms with Gasteiger partial charge in [0.1, 0.15) is 5.82 Å². The fourth-order valence-corrected chi connectivity index (χ4v) is 4.45. The highest BCUT2D eigenvalue weighted by Crippen LogP contribution is 2.30. The second-order valence-corrected chi connectivity index (χ2v) is 7.99. The molecular formula is C21H27FN2O3. The summed E-state index contributed by atoms with van der Waals surface area (Å²) in [7, 11) is 0. The molecule has 1 saturated carbocycles. The van der Waals surface area contributed by atoms with Gasteiger partial charge in [-0.2, -0.15) is 0 Å². The number of ether oxygens (including phenoxy) is 1. The van der Waals surface area contributed by atoms with Crippen LogP contribution < -0.4 is 0 Å². The molecule has 0 radical (unpaired) electrons. The molecule has 2 saturated heterocycles. The fraction of sp³-hybridized carbons (Fsp3) is 0.619. The average molecular weight is 374 g/mol. The number of likely N-dealkylation sites (tertiary alicyclic amines) is 2. The Bertz CT molecular complexity index is 698. The van der Waals surface area contributed by atoms with Crippen molar-refractivity contribution in [2.45, 2.75) is 57.3 Å². The van der Waals surface area contributed by atoms with E-state index >= 15 is 0 Å². The smallest absolute Gasteiger partial charge is 0.227 e. The molecule has 0 bridgehead atoms. The van der Waals surface area contributed by atoms with Crippen LogP contribution in [-0.4, -0.2) is 53.4 Å². The van der Waals surface area contributed by atoms with E-state index in [0.29, 0.717) is 44.1 Å². The number of carbonyl (C=O) groups excluding carboxylic acids is 2. The van der Waals surface area contributed by atoms with Gasteiger partial charge in [-0.15, -0.1) is 0 Å². The van der Waals surface area contributed by atoms with E-state index in [0.717, 1.165) is 12.8 Å². The standard InChI is InChI=1S/C21H27FN2O3/c22-19-8-4-1-5-16(19)14-27-18-12-23(13-18)21(26)15-9-10-20(25)24(11-15)17-6-2-3-7-17/h1,4-5,8,15,17-18H,2-3,6-7,9-14H2/t15-/m0/s1. The lowest BCUT2D eigenvalue weighted by atomic mass is 9.93. The summed E-state index contributed by atoms with van der Waals surface area (Å²) in [5, 5.41) is 0. The van der Waals surface area contributed by atoms with Gasteiger partial charge in [0.15, 0.2) is 0 Å². The van der Waals surface area contributed by atoms with Crippen molar-refractivity contribution in [3.63, 3.8) is 0 Å². The first-order chi connectivity index (χ1) is 13.1. The number of carbonyl (C=O) groups is 2. The van der Waals surface area contributed by atoms with Gasteiger partial charge >= 0.3 is 0 Å².